The van der Waals surface area contributed by atoms with Crippen LogP contribution in [0.15, 0.2) is 47.6 Å². The molecule has 9 nitrogen and oxygen atoms in total. The third kappa shape index (κ3) is 7.06. The van der Waals surface area contributed by atoms with Crippen molar-refractivity contribution in [3.05, 3.63) is 63.7 Å². The highest BCUT2D eigenvalue weighted by Crippen LogP contribution is 2.18. The van der Waals surface area contributed by atoms with Crippen molar-refractivity contribution < 1.29 is 19.2 Å². The maximum absolute atomic E-state index is 11.9. The maximum atomic E-state index is 11.9. The van der Waals surface area contributed by atoms with Crippen LogP contribution in [0, 0.1) is 17.0 Å². The Balaban J connectivity index is 1.77. The fourth-order valence-electron chi connectivity index (χ4n) is 2.39. The first-order valence-corrected chi connectivity index (χ1v) is 8.98. The molecule has 0 heterocycles. The van der Waals surface area contributed by atoms with Gasteiger partial charge in [-0.15, -0.1) is 0 Å². The van der Waals surface area contributed by atoms with Crippen LogP contribution in [0.4, 0.5) is 11.4 Å². The van der Waals surface area contributed by atoms with E-state index in [1.54, 1.807) is 43.3 Å². The van der Waals surface area contributed by atoms with Gasteiger partial charge in [-0.3, -0.25) is 19.7 Å². The van der Waals surface area contributed by atoms with Gasteiger partial charge in [-0.2, -0.15) is 5.10 Å². The molecule has 0 aliphatic carbocycles. The summed E-state index contributed by atoms with van der Waals surface area (Å²) >= 11 is 0. The first kappa shape index (κ1) is 21.5. The molecular weight excluding hydrogens is 376 g/mol. The van der Waals surface area contributed by atoms with Gasteiger partial charge in [0.05, 0.1) is 17.7 Å². The van der Waals surface area contributed by atoms with E-state index in [-0.39, 0.29) is 24.4 Å². The Labute approximate surface area is 167 Å². The number of nitro benzene ring substituents is 1. The molecule has 0 aliphatic heterocycles. The highest BCUT2D eigenvalue weighted by molar-refractivity contribution is 5.93. The van der Waals surface area contributed by atoms with Crippen LogP contribution in [0.1, 0.15) is 30.9 Å². The van der Waals surface area contributed by atoms with Gasteiger partial charge in [0.1, 0.15) is 5.75 Å². The Morgan fingerprint density at radius 2 is 1.83 bits per heavy atom. The minimum atomic E-state index is -0.478. The first-order chi connectivity index (χ1) is 13.9. The second-order valence-corrected chi connectivity index (χ2v) is 6.10. The summed E-state index contributed by atoms with van der Waals surface area (Å²) in [7, 11) is 0. The molecule has 0 unspecified atom stereocenters. The molecular formula is C20H22N4O5. The van der Waals surface area contributed by atoms with Gasteiger partial charge in [-0.25, -0.2) is 5.43 Å². The molecule has 0 radical (unpaired) electrons. The monoisotopic (exact) mass is 398 g/mol. The highest BCUT2D eigenvalue weighted by Gasteiger charge is 2.10. The third-order valence-corrected chi connectivity index (χ3v) is 3.86. The standard InChI is InChI=1S/C20H22N4O5/c1-3-29-17-8-6-16(7-9-17)22-19(25)10-11-20(26)23-21-13-15-5-4-14(2)18(12-15)24(27)28/h4-9,12-13H,3,10-11H2,1-2H3,(H,22,25)(H,23,26). The number of ether oxygens (including phenoxy) is 1. The summed E-state index contributed by atoms with van der Waals surface area (Å²) in [5.74, 6) is -0.0335. The summed E-state index contributed by atoms with van der Waals surface area (Å²) in [5.41, 5.74) is 3.91. The third-order valence-electron chi connectivity index (χ3n) is 3.86. The molecule has 0 atom stereocenters. The van der Waals surface area contributed by atoms with Crippen molar-refractivity contribution in [3.8, 4) is 5.75 Å². The van der Waals surface area contributed by atoms with Crippen molar-refractivity contribution in [2.75, 3.05) is 11.9 Å². The van der Waals surface area contributed by atoms with Gasteiger partial charge in [-0.1, -0.05) is 12.1 Å². The quantitative estimate of drug-likeness (QED) is 0.381. The number of amides is 2. The number of benzene rings is 2. The molecule has 0 fully saturated rings. The van der Waals surface area contributed by atoms with Crippen LogP contribution in [0.25, 0.3) is 0 Å². The molecule has 0 aromatic heterocycles. The van der Waals surface area contributed by atoms with E-state index in [0.717, 1.165) is 0 Å². The Morgan fingerprint density at radius 1 is 1.14 bits per heavy atom. The SMILES string of the molecule is CCOc1ccc(NC(=O)CCC(=O)NN=Cc2ccc(C)c([N+](=O)[O-])c2)cc1. The minimum Gasteiger partial charge on any atom is -0.494 e. The van der Waals surface area contributed by atoms with Crippen LogP contribution in [-0.4, -0.2) is 29.6 Å². The summed E-state index contributed by atoms with van der Waals surface area (Å²) in [4.78, 5) is 34.2. The zero-order valence-corrected chi connectivity index (χ0v) is 16.2. The molecule has 2 amide bonds. The van der Waals surface area contributed by atoms with Gasteiger partial charge in [-0.05, 0) is 38.1 Å². The zero-order chi connectivity index (χ0) is 21.2. The smallest absolute Gasteiger partial charge is 0.272 e. The lowest BCUT2D eigenvalue weighted by atomic mass is 10.1. The molecule has 9 heteroatoms. The molecule has 0 aliphatic rings. The lowest BCUT2D eigenvalue weighted by Crippen LogP contribution is -2.20. The van der Waals surface area contributed by atoms with E-state index in [2.05, 4.69) is 15.8 Å². The van der Waals surface area contributed by atoms with Crippen LogP contribution in [0.3, 0.4) is 0 Å². The summed E-state index contributed by atoms with van der Waals surface area (Å²) in [6.07, 6.45) is 1.25. The summed E-state index contributed by atoms with van der Waals surface area (Å²) in [5, 5.41) is 17.4. The largest absolute Gasteiger partial charge is 0.494 e. The van der Waals surface area contributed by atoms with Gasteiger partial charge in [0.2, 0.25) is 11.8 Å². The van der Waals surface area contributed by atoms with Crippen molar-refractivity contribution in [1.82, 2.24) is 5.43 Å². The molecule has 152 valence electrons. The number of carbonyl (C=O) groups is 2. The lowest BCUT2D eigenvalue weighted by molar-refractivity contribution is -0.385. The molecule has 2 aromatic carbocycles. The van der Waals surface area contributed by atoms with Crippen molar-refractivity contribution in [3.63, 3.8) is 0 Å². The molecule has 2 aromatic rings. The minimum absolute atomic E-state index is 0.00936. The average Bonchev–Trinajstić information content (AvgIpc) is 2.69. The number of nitrogens with one attached hydrogen (secondary N) is 2. The van der Waals surface area contributed by atoms with Crippen LogP contribution in [0.5, 0.6) is 5.75 Å². The number of hydrogen-bond donors (Lipinski definition) is 2. The fraction of sp³-hybridized carbons (Fsp3) is 0.250. The number of nitro groups is 1. The van der Waals surface area contributed by atoms with E-state index in [1.807, 2.05) is 6.92 Å². The summed E-state index contributed by atoms with van der Waals surface area (Å²) < 4.78 is 5.33. The number of nitrogens with zero attached hydrogens (tertiary/aromatic N) is 2. The number of anilines is 1. The number of rotatable bonds is 9. The van der Waals surface area contributed by atoms with Gasteiger partial charge < -0.3 is 10.1 Å². The van der Waals surface area contributed by atoms with Crippen molar-refractivity contribution >= 4 is 29.4 Å². The zero-order valence-electron chi connectivity index (χ0n) is 16.2. The predicted octanol–water partition coefficient (Wildman–Crippen LogP) is 3.17. The summed E-state index contributed by atoms with van der Waals surface area (Å²) in [6.45, 7) is 4.08. The number of hydrogen-bond acceptors (Lipinski definition) is 6. The van der Waals surface area contributed by atoms with Crippen LogP contribution >= 0.6 is 0 Å². The van der Waals surface area contributed by atoms with Gasteiger partial charge in [0.15, 0.2) is 0 Å². The van der Waals surface area contributed by atoms with Crippen LogP contribution in [0.2, 0.25) is 0 Å². The van der Waals surface area contributed by atoms with Crippen LogP contribution < -0.4 is 15.5 Å². The molecule has 2 N–H and O–H groups in total. The highest BCUT2D eigenvalue weighted by atomic mass is 16.6. The number of carbonyl (C=O) groups excluding carboxylic acids is 2. The van der Waals surface area contributed by atoms with E-state index in [0.29, 0.717) is 29.2 Å². The Morgan fingerprint density at radius 3 is 2.48 bits per heavy atom. The second-order valence-electron chi connectivity index (χ2n) is 6.10. The normalized spacial score (nSPS) is 10.6. The maximum Gasteiger partial charge on any atom is 0.272 e. The van der Waals surface area contributed by atoms with Crippen molar-refractivity contribution in [2.45, 2.75) is 26.7 Å². The predicted molar refractivity (Wildman–Crippen MR) is 109 cm³/mol. The Hall–Kier alpha value is -3.75. The average molecular weight is 398 g/mol. The molecule has 2 rings (SSSR count). The van der Waals surface area contributed by atoms with E-state index in [4.69, 9.17) is 4.74 Å². The first-order valence-electron chi connectivity index (χ1n) is 8.98. The molecule has 0 saturated carbocycles. The number of hydrazone groups is 1. The second kappa shape index (κ2) is 10.5. The van der Waals surface area contributed by atoms with E-state index >= 15 is 0 Å². The summed E-state index contributed by atoms with van der Waals surface area (Å²) in [6, 6.07) is 11.6. The van der Waals surface area contributed by atoms with Gasteiger partial charge in [0, 0.05) is 35.7 Å². The van der Waals surface area contributed by atoms with Gasteiger partial charge in [0.25, 0.3) is 5.69 Å². The Bertz CT molecular complexity index is 910. The molecule has 0 saturated heterocycles. The van der Waals surface area contributed by atoms with E-state index in [9.17, 15) is 19.7 Å². The van der Waals surface area contributed by atoms with Gasteiger partial charge >= 0.3 is 0 Å². The molecule has 0 bridgehead atoms. The number of aryl methyl sites for hydroxylation is 1. The molecule has 29 heavy (non-hydrogen) atoms. The Kier molecular flexibility index (Phi) is 7.84. The molecule has 0 spiro atoms. The lowest BCUT2D eigenvalue weighted by Gasteiger charge is -2.07. The van der Waals surface area contributed by atoms with E-state index < -0.39 is 10.8 Å². The van der Waals surface area contributed by atoms with Crippen molar-refractivity contribution in [2.24, 2.45) is 5.10 Å². The topological polar surface area (TPSA) is 123 Å². The van der Waals surface area contributed by atoms with Crippen molar-refractivity contribution in [1.29, 1.82) is 0 Å². The fourth-order valence-corrected chi connectivity index (χ4v) is 2.39. The van der Waals surface area contributed by atoms with E-state index in [1.165, 1.54) is 12.3 Å². The van der Waals surface area contributed by atoms with Crippen LogP contribution in [-0.2, 0) is 9.59 Å².